The second-order valence-corrected chi connectivity index (χ2v) is 11.0. The van der Waals surface area contributed by atoms with E-state index in [4.69, 9.17) is 14.2 Å². The van der Waals surface area contributed by atoms with E-state index in [1.807, 2.05) is 0 Å². The Bertz CT molecular complexity index is 469. The summed E-state index contributed by atoms with van der Waals surface area (Å²) in [4.78, 5) is 0. The maximum Gasteiger partial charge on any atom is 0.0717 e. The van der Waals surface area contributed by atoms with Gasteiger partial charge >= 0.3 is 0 Å². The zero-order valence-electron chi connectivity index (χ0n) is 20.4. The molecule has 0 saturated heterocycles. The lowest BCUT2D eigenvalue weighted by Gasteiger charge is -2.12. The van der Waals surface area contributed by atoms with Crippen LogP contribution in [0.25, 0.3) is 0 Å². The summed E-state index contributed by atoms with van der Waals surface area (Å²) in [7, 11) is 0. The van der Waals surface area contributed by atoms with Crippen molar-refractivity contribution in [1.29, 1.82) is 0 Å². The standard InChI is InChI=1S/C27H45Br3O3/c28-13-7-1-4-10-16-31-22-25-19-26(23-32-17-11-5-2-8-14-29)21-27(20-25)24-33-18-12-6-3-9-15-30/h19-21H,1-18,22-24H2. The molecular weight excluding hydrogens is 612 g/mol. The molecule has 6 heteroatoms. The third kappa shape index (κ3) is 19.4. The maximum absolute atomic E-state index is 5.97. The van der Waals surface area contributed by atoms with Crippen LogP contribution in [0, 0.1) is 0 Å². The molecule has 0 aromatic heterocycles. The van der Waals surface area contributed by atoms with Crippen molar-refractivity contribution in [3.63, 3.8) is 0 Å². The van der Waals surface area contributed by atoms with Crippen LogP contribution >= 0.6 is 47.8 Å². The normalized spacial score (nSPS) is 11.4. The third-order valence-electron chi connectivity index (χ3n) is 5.44. The molecule has 192 valence electrons. The zero-order valence-corrected chi connectivity index (χ0v) is 25.2. The quantitative estimate of drug-likeness (QED) is 0.0821. The lowest BCUT2D eigenvalue weighted by Crippen LogP contribution is -2.03. The van der Waals surface area contributed by atoms with Crippen molar-refractivity contribution in [2.75, 3.05) is 35.8 Å². The molecule has 0 radical (unpaired) electrons. The van der Waals surface area contributed by atoms with Gasteiger partial charge in [0.25, 0.3) is 0 Å². The summed E-state index contributed by atoms with van der Waals surface area (Å²) >= 11 is 10.5. The fourth-order valence-corrected chi connectivity index (χ4v) is 4.81. The molecule has 0 atom stereocenters. The zero-order chi connectivity index (χ0) is 23.8. The summed E-state index contributed by atoms with van der Waals surface area (Å²) < 4.78 is 17.9. The van der Waals surface area contributed by atoms with Crippen molar-refractivity contribution >= 4 is 47.8 Å². The Balaban J connectivity index is 2.44. The van der Waals surface area contributed by atoms with Gasteiger partial charge in [0.05, 0.1) is 19.8 Å². The van der Waals surface area contributed by atoms with Gasteiger partial charge in [-0.15, -0.1) is 0 Å². The van der Waals surface area contributed by atoms with E-state index in [1.54, 1.807) is 0 Å². The predicted octanol–water partition coefficient (Wildman–Crippen LogP) is 9.10. The fourth-order valence-electron chi connectivity index (χ4n) is 3.62. The van der Waals surface area contributed by atoms with Crippen LogP contribution in [0.2, 0.25) is 0 Å². The number of unbranched alkanes of at least 4 members (excludes halogenated alkanes) is 9. The van der Waals surface area contributed by atoms with E-state index in [9.17, 15) is 0 Å². The highest BCUT2D eigenvalue weighted by atomic mass is 79.9. The second kappa shape index (κ2) is 24.2. The molecule has 1 aromatic rings. The average molecular weight is 657 g/mol. The number of ether oxygens (including phenoxy) is 3. The van der Waals surface area contributed by atoms with Gasteiger partial charge in [-0.25, -0.2) is 0 Å². The summed E-state index contributed by atoms with van der Waals surface area (Å²) in [6.45, 7) is 4.49. The van der Waals surface area contributed by atoms with E-state index in [2.05, 4.69) is 66.0 Å². The van der Waals surface area contributed by atoms with Gasteiger partial charge in [0, 0.05) is 35.8 Å². The summed E-state index contributed by atoms with van der Waals surface area (Å²) in [6, 6.07) is 6.71. The van der Waals surface area contributed by atoms with Crippen LogP contribution in [0.15, 0.2) is 18.2 Å². The van der Waals surface area contributed by atoms with Crippen molar-refractivity contribution in [1.82, 2.24) is 0 Å². The highest BCUT2D eigenvalue weighted by molar-refractivity contribution is 9.09. The highest BCUT2D eigenvalue weighted by Crippen LogP contribution is 2.15. The second-order valence-electron chi connectivity index (χ2n) is 8.63. The first kappa shape index (κ1) is 31.6. The smallest absolute Gasteiger partial charge is 0.0717 e. The maximum atomic E-state index is 5.97. The summed E-state index contributed by atoms with van der Waals surface area (Å²) in [5.41, 5.74) is 3.68. The molecule has 0 heterocycles. The number of hydrogen-bond acceptors (Lipinski definition) is 3. The SMILES string of the molecule is BrCCCCCCOCc1cc(COCCCCCCBr)cc(COCCCCCCBr)c1. The van der Waals surface area contributed by atoms with Gasteiger partial charge in [0.2, 0.25) is 0 Å². The predicted molar refractivity (Wildman–Crippen MR) is 152 cm³/mol. The van der Waals surface area contributed by atoms with Crippen molar-refractivity contribution in [3.05, 3.63) is 34.9 Å². The minimum atomic E-state index is 0.665. The number of halogens is 3. The summed E-state index contributed by atoms with van der Waals surface area (Å²) in [5, 5.41) is 3.30. The topological polar surface area (TPSA) is 27.7 Å². The van der Waals surface area contributed by atoms with Gasteiger partial charge < -0.3 is 14.2 Å². The van der Waals surface area contributed by atoms with Crippen molar-refractivity contribution in [2.24, 2.45) is 0 Å². The molecule has 0 amide bonds. The summed E-state index contributed by atoms with van der Waals surface area (Å²) in [6.07, 6.45) is 14.7. The third-order valence-corrected chi connectivity index (χ3v) is 7.12. The van der Waals surface area contributed by atoms with Crippen molar-refractivity contribution in [3.8, 4) is 0 Å². The van der Waals surface area contributed by atoms with Crippen LogP contribution in [-0.2, 0) is 34.0 Å². The van der Waals surface area contributed by atoms with Gasteiger partial charge in [0.1, 0.15) is 0 Å². The largest absolute Gasteiger partial charge is 0.377 e. The molecule has 0 aliphatic heterocycles. The minimum Gasteiger partial charge on any atom is -0.377 e. The molecule has 0 N–H and O–H groups in total. The average Bonchev–Trinajstić information content (AvgIpc) is 2.82. The van der Waals surface area contributed by atoms with E-state index in [-0.39, 0.29) is 0 Å². The molecule has 0 spiro atoms. The van der Waals surface area contributed by atoms with E-state index in [0.29, 0.717) is 19.8 Å². The molecule has 0 aliphatic rings. The van der Waals surface area contributed by atoms with Crippen LogP contribution in [0.3, 0.4) is 0 Å². The molecule has 0 fully saturated rings. The molecule has 0 aliphatic carbocycles. The molecule has 3 nitrogen and oxygen atoms in total. The minimum absolute atomic E-state index is 0.665. The molecule has 1 rings (SSSR count). The van der Waals surface area contributed by atoms with E-state index < -0.39 is 0 Å². The lowest BCUT2D eigenvalue weighted by atomic mass is 10.1. The first-order valence-corrected chi connectivity index (χ1v) is 16.2. The van der Waals surface area contributed by atoms with Crippen LogP contribution < -0.4 is 0 Å². The Morgan fingerprint density at radius 3 is 0.939 bits per heavy atom. The van der Waals surface area contributed by atoms with Crippen LogP contribution in [0.1, 0.15) is 93.7 Å². The number of hydrogen-bond donors (Lipinski definition) is 0. The van der Waals surface area contributed by atoms with Gasteiger partial charge in [0.15, 0.2) is 0 Å². The highest BCUT2D eigenvalue weighted by Gasteiger charge is 2.04. The first-order valence-electron chi connectivity index (χ1n) is 12.8. The van der Waals surface area contributed by atoms with Gasteiger partial charge in [-0.3, -0.25) is 0 Å². The molecular formula is C27H45Br3O3. The van der Waals surface area contributed by atoms with E-state index in [0.717, 1.165) is 55.1 Å². The summed E-state index contributed by atoms with van der Waals surface area (Å²) in [5.74, 6) is 0. The Morgan fingerprint density at radius 2 is 0.667 bits per heavy atom. The number of rotatable bonds is 24. The van der Waals surface area contributed by atoms with E-state index >= 15 is 0 Å². The Kier molecular flexibility index (Phi) is 23.2. The molecule has 0 bridgehead atoms. The van der Waals surface area contributed by atoms with Gasteiger partial charge in [-0.05, 0) is 55.2 Å². The fraction of sp³-hybridized carbons (Fsp3) is 0.778. The van der Waals surface area contributed by atoms with Crippen LogP contribution in [0.5, 0.6) is 0 Å². The molecule has 0 saturated carbocycles. The Hall–Kier alpha value is 0.540. The molecule has 1 aromatic carbocycles. The van der Waals surface area contributed by atoms with Crippen LogP contribution in [-0.4, -0.2) is 35.8 Å². The number of alkyl halides is 3. The first-order chi connectivity index (χ1) is 16.3. The van der Waals surface area contributed by atoms with Crippen LogP contribution in [0.4, 0.5) is 0 Å². The molecule has 33 heavy (non-hydrogen) atoms. The van der Waals surface area contributed by atoms with E-state index in [1.165, 1.54) is 74.5 Å². The lowest BCUT2D eigenvalue weighted by molar-refractivity contribution is 0.109. The van der Waals surface area contributed by atoms with Gasteiger partial charge in [-0.2, -0.15) is 0 Å². The monoisotopic (exact) mass is 654 g/mol. The van der Waals surface area contributed by atoms with Gasteiger partial charge in [-0.1, -0.05) is 105 Å². The Morgan fingerprint density at radius 1 is 0.394 bits per heavy atom. The van der Waals surface area contributed by atoms with Crippen molar-refractivity contribution in [2.45, 2.75) is 96.9 Å². The van der Waals surface area contributed by atoms with Crippen molar-refractivity contribution < 1.29 is 14.2 Å². The Labute approximate surface area is 228 Å². The molecule has 0 unspecified atom stereocenters. The number of benzene rings is 1.